The normalized spacial score (nSPS) is 15.1. The van der Waals surface area contributed by atoms with Gasteiger partial charge >= 0.3 is 6.09 Å². The summed E-state index contributed by atoms with van der Waals surface area (Å²) in [6, 6.07) is -0.738. The van der Waals surface area contributed by atoms with Gasteiger partial charge in [-0.2, -0.15) is 0 Å². The lowest BCUT2D eigenvalue weighted by molar-refractivity contribution is -0.123. The van der Waals surface area contributed by atoms with E-state index in [-0.39, 0.29) is 5.92 Å². The maximum atomic E-state index is 11.4. The predicted molar refractivity (Wildman–Crippen MR) is 60.8 cm³/mol. The van der Waals surface area contributed by atoms with Gasteiger partial charge < -0.3 is 10.5 Å². The van der Waals surface area contributed by atoms with E-state index in [1.54, 1.807) is 20.8 Å². The third-order valence-electron chi connectivity index (χ3n) is 2.14. The number of imide groups is 1. The van der Waals surface area contributed by atoms with Crippen molar-refractivity contribution in [1.29, 1.82) is 0 Å². The molecule has 93 valence electrons. The fraction of sp³-hybridized carbons (Fsp3) is 0.818. The first-order valence-corrected chi connectivity index (χ1v) is 5.41. The van der Waals surface area contributed by atoms with Crippen molar-refractivity contribution in [3.8, 4) is 0 Å². The fourth-order valence-electron chi connectivity index (χ4n) is 0.947. The summed E-state index contributed by atoms with van der Waals surface area (Å²) in [6.45, 7) is 8.89. The van der Waals surface area contributed by atoms with Gasteiger partial charge in [0.1, 0.15) is 5.60 Å². The van der Waals surface area contributed by atoms with E-state index in [0.29, 0.717) is 0 Å². The molecule has 0 spiro atoms. The molecule has 2 amide bonds. The number of nitrogens with two attached hydrogens (primary N) is 1. The van der Waals surface area contributed by atoms with Gasteiger partial charge in [0.2, 0.25) is 0 Å². The molecule has 0 fully saturated rings. The largest absolute Gasteiger partial charge is 0.442 e. The minimum absolute atomic E-state index is 0.00122. The molecule has 0 aliphatic rings. The van der Waals surface area contributed by atoms with Crippen LogP contribution in [-0.2, 0) is 9.53 Å². The summed E-state index contributed by atoms with van der Waals surface area (Å²) >= 11 is 0. The van der Waals surface area contributed by atoms with Crippen LogP contribution in [0.4, 0.5) is 4.79 Å². The molecule has 0 rings (SSSR count). The molecule has 0 saturated carbocycles. The molecule has 5 heteroatoms. The van der Waals surface area contributed by atoms with E-state index in [1.165, 1.54) is 0 Å². The van der Waals surface area contributed by atoms with Crippen molar-refractivity contribution in [2.45, 2.75) is 52.7 Å². The molecule has 0 saturated heterocycles. The Morgan fingerprint density at radius 1 is 1.38 bits per heavy atom. The molecule has 0 aliphatic carbocycles. The first-order valence-electron chi connectivity index (χ1n) is 5.41. The molecule has 5 nitrogen and oxygen atoms in total. The zero-order valence-corrected chi connectivity index (χ0v) is 10.6. The smallest absolute Gasteiger partial charge is 0.437 e. The van der Waals surface area contributed by atoms with Crippen molar-refractivity contribution in [3.63, 3.8) is 0 Å². The van der Waals surface area contributed by atoms with E-state index in [2.05, 4.69) is 5.32 Å². The SMILES string of the molecule is CC[C@H](C)[C@H](N)C(=O)[N]C(=O)OC(C)(C)C. The van der Waals surface area contributed by atoms with Crippen LogP contribution in [-0.4, -0.2) is 23.6 Å². The summed E-state index contributed by atoms with van der Waals surface area (Å²) in [4.78, 5) is 22.7. The van der Waals surface area contributed by atoms with Gasteiger partial charge in [-0.25, -0.2) is 4.79 Å². The van der Waals surface area contributed by atoms with Crippen molar-refractivity contribution in [1.82, 2.24) is 5.32 Å². The van der Waals surface area contributed by atoms with Crippen LogP contribution in [0.25, 0.3) is 0 Å². The lowest BCUT2D eigenvalue weighted by Crippen LogP contribution is -2.44. The maximum absolute atomic E-state index is 11.4. The summed E-state index contributed by atoms with van der Waals surface area (Å²) < 4.78 is 4.89. The second-order valence-electron chi connectivity index (χ2n) is 4.84. The molecule has 0 aliphatic heterocycles. The second kappa shape index (κ2) is 5.84. The molecule has 0 aromatic carbocycles. The number of ether oxygens (including phenoxy) is 1. The molecule has 0 heterocycles. The fourth-order valence-corrected chi connectivity index (χ4v) is 0.947. The Balaban J connectivity index is 4.20. The molecular weight excluding hydrogens is 208 g/mol. The molecule has 0 aromatic rings. The average Bonchev–Trinajstić information content (AvgIpc) is 2.12. The molecular formula is C11H21N2O3. The maximum Gasteiger partial charge on any atom is 0.437 e. The van der Waals surface area contributed by atoms with Crippen LogP contribution in [0, 0.1) is 5.92 Å². The molecule has 2 N–H and O–H groups in total. The lowest BCUT2D eigenvalue weighted by atomic mass is 10.00. The summed E-state index contributed by atoms with van der Waals surface area (Å²) in [7, 11) is 0. The Morgan fingerprint density at radius 2 is 1.88 bits per heavy atom. The van der Waals surface area contributed by atoms with Gasteiger partial charge in [0.15, 0.2) is 0 Å². The lowest BCUT2D eigenvalue weighted by Gasteiger charge is -2.20. The summed E-state index contributed by atoms with van der Waals surface area (Å²) in [5, 5.41) is 3.31. The van der Waals surface area contributed by atoms with Crippen LogP contribution < -0.4 is 11.1 Å². The highest BCUT2D eigenvalue weighted by Crippen LogP contribution is 2.08. The number of nitrogens with zero attached hydrogens (tertiary/aromatic N) is 1. The third-order valence-corrected chi connectivity index (χ3v) is 2.14. The van der Waals surface area contributed by atoms with Gasteiger partial charge in [0.25, 0.3) is 5.91 Å². The number of carbonyl (C=O) groups is 2. The van der Waals surface area contributed by atoms with Gasteiger partial charge in [0.05, 0.1) is 6.04 Å². The molecule has 0 bridgehead atoms. The minimum atomic E-state index is -0.878. The Bertz CT molecular complexity index is 258. The van der Waals surface area contributed by atoms with E-state index in [9.17, 15) is 9.59 Å². The number of amides is 2. The average molecular weight is 229 g/mol. The highest BCUT2D eigenvalue weighted by atomic mass is 16.6. The van der Waals surface area contributed by atoms with Gasteiger partial charge in [-0.3, -0.25) is 4.79 Å². The number of carbonyl (C=O) groups excluding carboxylic acids is 2. The Hall–Kier alpha value is -1.10. The van der Waals surface area contributed by atoms with Crippen LogP contribution in [0.1, 0.15) is 41.0 Å². The zero-order chi connectivity index (χ0) is 12.9. The Morgan fingerprint density at radius 3 is 2.25 bits per heavy atom. The van der Waals surface area contributed by atoms with Crippen LogP contribution in [0.3, 0.4) is 0 Å². The van der Waals surface area contributed by atoms with Crippen LogP contribution >= 0.6 is 0 Å². The Labute approximate surface area is 96.7 Å². The van der Waals surface area contributed by atoms with Crippen molar-refractivity contribution in [3.05, 3.63) is 0 Å². The predicted octanol–water partition coefficient (Wildman–Crippen LogP) is 1.43. The molecule has 0 aromatic heterocycles. The van der Waals surface area contributed by atoms with E-state index in [1.807, 2.05) is 13.8 Å². The van der Waals surface area contributed by atoms with Crippen molar-refractivity contribution < 1.29 is 14.3 Å². The molecule has 16 heavy (non-hydrogen) atoms. The molecule has 1 radical (unpaired) electrons. The van der Waals surface area contributed by atoms with E-state index < -0.39 is 23.6 Å². The minimum Gasteiger partial charge on any atom is -0.442 e. The van der Waals surface area contributed by atoms with Crippen molar-refractivity contribution in [2.24, 2.45) is 11.7 Å². The number of hydrogen-bond acceptors (Lipinski definition) is 4. The first-order chi connectivity index (χ1) is 7.17. The van der Waals surface area contributed by atoms with Crippen molar-refractivity contribution >= 4 is 12.0 Å². The number of rotatable bonds is 3. The quantitative estimate of drug-likeness (QED) is 0.793. The van der Waals surface area contributed by atoms with Gasteiger partial charge in [0, 0.05) is 0 Å². The van der Waals surface area contributed by atoms with Crippen LogP contribution in [0.2, 0.25) is 0 Å². The van der Waals surface area contributed by atoms with Gasteiger partial charge in [-0.1, -0.05) is 20.3 Å². The zero-order valence-electron chi connectivity index (χ0n) is 10.6. The monoisotopic (exact) mass is 229 g/mol. The topological polar surface area (TPSA) is 83.5 Å². The van der Waals surface area contributed by atoms with E-state index in [4.69, 9.17) is 10.5 Å². The molecule has 2 atom stereocenters. The van der Waals surface area contributed by atoms with E-state index >= 15 is 0 Å². The van der Waals surface area contributed by atoms with E-state index in [0.717, 1.165) is 6.42 Å². The summed E-state index contributed by atoms with van der Waals surface area (Å²) in [6.07, 6.45) is -0.118. The van der Waals surface area contributed by atoms with Crippen LogP contribution in [0.15, 0.2) is 0 Å². The standard InChI is InChI=1S/C11H21N2O3/c1-6-7(2)8(12)9(14)13-10(15)16-11(3,4)5/h7-8H,6,12H2,1-5H3/t7-,8-/m0/s1. The first kappa shape index (κ1) is 14.9. The highest BCUT2D eigenvalue weighted by Gasteiger charge is 2.25. The summed E-state index contributed by atoms with van der Waals surface area (Å²) in [5.41, 5.74) is 4.98. The van der Waals surface area contributed by atoms with Gasteiger partial charge in [-0.05, 0) is 26.7 Å². The second-order valence-corrected chi connectivity index (χ2v) is 4.84. The Kier molecular flexibility index (Phi) is 5.44. The number of hydrogen-bond donors (Lipinski definition) is 1. The van der Waals surface area contributed by atoms with Crippen molar-refractivity contribution in [2.75, 3.05) is 0 Å². The van der Waals surface area contributed by atoms with Crippen LogP contribution in [0.5, 0.6) is 0 Å². The highest BCUT2D eigenvalue weighted by molar-refractivity contribution is 5.94. The summed E-state index contributed by atoms with van der Waals surface area (Å²) in [5.74, 6) is -0.623. The third kappa shape index (κ3) is 5.70. The molecule has 0 unspecified atom stereocenters. The van der Waals surface area contributed by atoms with Gasteiger partial charge in [-0.15, -0.1) is 5.32 Å².